The van der Waals surface area contributed by atoms with Crippen molar-refractivity contribution in [3.05, 3.63) is 34.3 Å². The van der Waals surface area contributed by atoms with E-state index < -0.39 is 0 Å². The Morgan fingerprint density at radius 3 is 2.85 bits per heavy atom. The van der Waals surface area contributed by atoms with Gasteiger partial charge in [0.2, 0.25) is 0 Å². The van der Waals surface area contributed by atoms with Crippen molar-refractivity contribution >= 4 is 23.0 Å². The van der Waals surface area contributed by atoms with Crippen molar-refractivity contribution in [1.82, 2.24) is 9.97 Å². The molecule has 0 bridgehead atoms. The van der Waals surface area contributed by atoms with Crippen LogP contribution in [0.25, 0.3) is 0 Å². The number of thiophene rings is 1. The van der Waals surface area contributed by atoms with Crippen LogP contribution in [0, 0.1) is 0 Å². The summed E-state index contributed by atoms with van der Waals surface area (Å²) in [5.74, 6) is 2.36. The summed E-state index contributed by atoms with van der Waals surface area (Å²) in [6.45, 7) is 2.58. The zero-order valence-corrected chi connectivity index (χ0v) is 13.1. The molecule has 1 atom stereocenters. The quantitative estimate of drug-likeness (QED) is 0.887. The zero-order valence-electron chi connectivity index (χ0n) is 12.3. The Bertz CT molecular complexity index is 544. The van der Waals surface area contributed by atoms with Crippen LogP contribution < -0.4 is 10.2 Å². The van der Waals surface area contributed by atoms with Gasteiger partial charge < -0.3 is 15.0 Å². The lowest BCUT2D eigenvalue weighted by Gasteiger charge is -2.25. The molecule has 2 aromatic heterocycles. The van der Waals surface area contributed by atoms with Crippen molar-refractivity contribution in [2.24, 2.45) is 0 Å². The van der Waals surface area contributed by atoms with Gasteiger partial charge in [-0.3, -0.25) is 0 Å². The van der Waals surface area contributed by atoms with E-state index >= 15 is 0 Å². The molecule has 108 valence electrons. The Hall–Kier alpha value is -1.66. The number of ether oxygens (including phenoxy) is 1. The Balaban J connectivity index is 2.28. The third-order valence-electron chi connectivity index (χ3n) is 3.19. The van der Waals surface area contributed by atoms with Crippen LogP contribution in [-0.2, 0) is 11.3 Å². The summed E-state index contributed by atoms with van der Waals surface area (Å²) in [6.07, 6.45) is 0. The lowest BCUT2D eigenvalue weighted by atomic mass is 10.2. The largest absolute Gasteiger partial charge is 0.377 e. The van der Waals surface area contributed by atoms with Crippen molar-refractivity contribution in [3.63, 3.8) is 0 Å². The standard InChI is InChI=1S/C14H20N4OS/c1-10(11-6-5-7-20-11)18(3)14-8-12(15-2)16-13(17-14)9-19-4/h5-8,10H,9H2,1-4H3,(H,15,16,17). The molecule has 6 heteroatoms. The smallest absolute Gasteiger partial charge is 0.158 e. The van der Waals surface area contributed by atoms with Crippen LogP contribution in [0.2, 0.25) is 0 Å². The molecule has 5 nitrogen and oxygen atoms in total. The Morgan fingerprint density at radius 2 is 2.25 bits per heavy atom. The predicted molar refractivity (Wildman–Crippen MR) is 83.4 cm³/mol. The molecular weight excluding hydrogens is 272 g/mol. The van der Waals surface area contributed by atoms with E-state index in [0.29, 0.717) is 12.4 Å². The summed E-state index contributed by atoms with van der Waals surface area (Å²) in [5.41, 5.74) is 0. The molecule has 0 aliphatic carbocycles. The van der Waals surface area contributed by atoms with Gasteiger partial charge in [0.15, 0.2) is 5.82 Å². The molecule has 0 radical (unpaired) electrons. The van der Waals surface area contributed by atoms with Crippen molar-refractivity contribution in [1.29, 1.82) is 0 Å². The number of methoxy groups -OCH3 is 1. The van der Waals surface area contributed by atoms with Crippen molar-refractivity contribution in [2.75, 3.05) is 31.4 Å². The number of rotatable bonds is 6. The predicted octanol–water partition coefficient (Wildman–Crippen LogP) is 2.92. The lowest BCUT2D eigenvalue weighted by molar-refractivity contribution is 0.178. The minimum Gasteiger partial charge on any atom is -0.377 e. The number of aromatic nitrogens is 2. The van der Waals surface area contributed by atoms with Gasteiger partial charge in [0.25, 0.3) is 0 Å². The van der Waals surface area contributed by atoms with Crippen LogP contribution >= 0.6 is 11.3 Å². The topological polar surface area (TPSA) is 50.3 Å². The highest BCUT2D eigenvalue weighted by molar-refractivity contribution is 7.10. The molecule has 0 aliphatic rings. The Morgan fingerprint density at radius 1 is 1.45 bits per heavy atom. The monoisotopic (exact) mass is 292 g/mol. The second-order valence-electron chi connectivity index (χ2n) is 4.51. The highest BCUT2D eigenvalue weighted by Crippen LogP contribution is 2.28. The van der Waals surface area contributed by atoms with Gasteiger partial charge in [-0.1, -0.05) is 6.07 Å². The van der Waals surface area contributed by atoms with Crippen LogP contribution in [0.5, 0.6) is 0 Å². The van der Waals surface area contributed by atoms with E-state index in [4.69, 9.17) is 4.74 Å². The first-order chi connectivity index (χ1) is 9.65. The third kappa shape index (κ3) is 3.26. The molecular formula is C14H20N4OS. The summed E-state index contributed by atoms with van der Waals surface area (Å²) in [4.78, 5) is 12.4. The van der Waals surface area contributed by atoms with E-state index in [9.17, 15) is 0 Å². The first kappa shape index (κ1) is 14.7. The fourth-order valence-electron chi connectivity index (χ4n) is 1.90. The third-order valence-corrected chi connectivity index (χ3v) is 4.23. The van der Waals surface area contributed by atoms with Crippen LogP contribution in [0.1, 0.15) is 23.7 Å². The number of nitrogens with one attached hydrogen (secondary N) is 1. The maximum absolute atomic E-state index is 5.13. The minimum absolute atomic E-state index is 0.269. The SMILES string of the molecule is CNc1cc(N(C)C(C)c2cccs2)nc(COC)n1. The van der Waals surface area contributed by atoms with E-state index in [1.54, 1.807) is 18.4 Å². The molecule has 2 heterocycles. The van der Waals surface area contributed by atoms with Gasteiger partial charge in [-0.15, -0.1) is 11.3 Å². The highest BCUT2D eigenvalue weighted by Gasteiger charge is 2.16. The summed E-state index contributed by atoms with van der Waals surface area (Å²) in [6, 6.07) is 6.43. The maximum atomic E-state index is 5.13. The number of anilines is 2. The second-order valence-corrected chi connectivity index (χ2v) is 5.49. The average molecular weight is 292 g/mol. The summed E-state index contributed by atoms with van der Waals surface area (Å²) < 4.78 is 5.13. The van der Waals surface area contributed by atoms with E-state index in [-0.39, 0.29) is 6.04 Å². The summed E-state index contributed by atoms with van der Waals surface area (Å²) in [5, 5.41) is 5.16. The minimum atomic E-state index is 0.269. The van der Waals surface area contributed by atoms with Gasteiger partial charge in [0.1, 0.15) is 18.2 Å². The van der Waals surface area contributed by atoms with Crippen molar-refractivity contribution in [2.45, 2.75) is 19.6 Å². The van der Waals surface area contributed by atoms with E-state index in [2.05, 4.69) is 44.6 Å². The molecule has 0 amide bonds. The lowest BCUT2D eigenvalue weighted by Crippen LogP contribution is -2.23. The second kappa shape index (κ2) is 6.67. The number of hydrogen-bond donors (Lipinski definition) is 1. The fraction of sp³-hybridized carbons (Fsp3) is 0.429. The van der Waals surface area contributed by atoms with Crippen LogP contribution in [0.15, 0.2) is 23.6 Å². The summed E-state index contributed by atoms with van der Waals surface area (Å²) in [7, 11) is 5.54. The number of nitrogens with zero attached hydrogens (tertiary/aromatic N) is 3. The van der Waals surface area contributed by atoms with Gasteiger partial charge in [-0.05, 0) is 18.4 Å². The molecule has 1 unspecified atom stereocenters. The van der Waals surface area contributed by atoms with Gasteiger partial charge >= 0.3 is 0 Å². The molecule has 0 saturated heterocycles. The molecule has 1 N–H and O–H groups in total. The zero-order chi connectivity index (χ0) is 14.5. The van der Waals surface area contributed by atoms with Gasteiger partial charge in [-0.25, -0.2) is 9.97 Å². The van der Waals surface area contributed by atoms with E-state index in [0.717, 1.165) is 11.6 Å². The summed E-state index contributed by atoms with van der Waals surface area (Å²) >= 11 is 1.75. The molecule has 0 aliphatic heterocycles. The first-order valence-electron chi connectivity index (χ1n) is 6.46. The van der Waals surface area contributed by atoms with E-state index in [1.807, 2.05) is 20.2 Å². The molecule has 0 fully saturated rings. The maximum Gasteiger partial charge on any atom is 0.158 e. The van der Waals surface area contributed by atoms with E-state index in [1.165, 1.54) is 4.88 Å². The molecule has 0 spiro atoms. The van der Waals surface area contributed by atoms with Crippen molar-refractivity contribution in [3.8, 4) is 0 Å². The normalized spacial score (nSPS) is 12.2. The first-order valence-corrected chi connectivity index (χ1v) is 7.34. The molecule has 20 heavy (non-hydrogen) atoms. The molecule has 0 aromatic carbocycles. The van der Waals surface area contributed by atoms with Gasteiger partial charge in [-0.2, -0.15) is 0 Å². The van der Waals surface area contributed by atoms with Crippen molar-refractivity contribution < 1.29 is 4.74 Å². The number of hydrogen-bond acceptors (Lipinski definition) is 6. The van der Waals surface area contributed by atoms with Gasteiger partial charge in [0.05, 0.1) is 6.04 Å². The Kier molecular flexibility index (Phi) is 4.92. The van der Waals surface area contributed by atoms with Crippen LogP contribution in [0.3, 0.4) is 0 Å². The van der Waals surface area contributed by atoms with Gasteiger partial charge in [0, 0.05) is 32.1 Å². The Labute approximate surface area is 123 Å². The van der Waals surface area contributed by atoms with Crippen LogP contribution in [0.4, 0.5) is 11.6 Å². The highest BCUT2D eigenvalue weighted by atomic mass is 32.1. The molecule has 2 rings (SSSR count). The molecule has 0 saturated carbocycles. The average Bonchev–Trinajstić information content (AvgIpc) is 2.99. The van der Waals surface area contributed by atoms with Crippen LogP contribution in [-0.4, -0.2) is 31.2 Å². The fourth-order valence-corrected chi connectivity index (χ4v) is 2.73. The molecule has 2 aromatic rings.